The van der Waals surface area contributed by atoms with Crippen LogP contribution < -0.4 is 5.32 Å². The van der Waals surface area contributed by atoms with Gasteiger partial charge in [-0.1, -0.05) is 0 Å². The number of aromatic nitrogens is 3. The molecule has 0 aromatic carbocycles. The maximum absolute atomic E-state index is 4.20. The van der Waals surface area contributed by atoms with Crippen LogP contribution in [0.1, 0.15) is 6.92 Å². The highest BCUT2D eigenvalue weighted by Crippen LogP contribution is 2.16. The number of hydrogen-bond donors (Lipinski definition) is 1. The van der Waals surface area contributed by atoms with E-state index in [1.165, 1.54) is 0 Å². The molecule has 0 aliphatic rings. The highest BCUT2D eigenvalue weighted by atomic mass is 15.0. The summed E-state index contributed by atoms with van der Waals surface area (Å²) in [5, 5.41) is 3.15. The van der Waals surface area contributed by atoms with E-state index in [-0.39, 0.29) is 0 Å². The summed E-state index contributed by atoms with van der Waals surface area (Å²) < 4.78 is 0. The Morgan fingerprint density at radius 3 is 3.00 bits per heavy atom. The van der Waals surface area contributed by atoms with Crippen LogP contribution in [-0.4, -0.2) is 21.5 Å². The molecule has 0 fully saturated rings. The lowest BCUT2D eigenvalue weighted by atomic mass is 10.2. The van der Waals surface area contributed by atoms with Crippen LogP contribution in [0.25, 0.3) is 11.3 Å². The predicted octanol–water partition coefficient (Wildman–Crippen LogP) is 1.97. The van der Waals surface area contributed by atoms with Gasteiger partial charge in [0.2, 0.25) is 0 Å². The molecule has 0 saturated heterocycles. The van der Waals surface area contributed by atoms with Crippen molar-refractivity contribution < 1.29 is 0 Å². The zero-order valence-corrected chi connectivity index (χ0v) is 8.51. The lowest BCUT2D eigenvalue weighted by Gasteiger charge is -2.03. The molecule has 0 bridgehead atoms. The largest absolute Gasteiger partial charge is 0.370 e. The average molecular weight is 200 g/mol. The first kappa shape index (κ1) is 9.58. The Balaban J connectivity index is 2.33. The second-order valence-electron chi connectivity index (χ2n) is 3.06. The number of anilines is 1. The van der Waals surface area contributed by atoms with E-state index in [4.69, 9.17) is 0 Å². The van der Waals surface area contributed by atoms with Crippen molar-refractivity contribution in [2.75, 3.05) is 11.9 Å². The smallest absolute Gasteiger partial charge is 0.129 e. The fourth-order valence-corrected chi connectivity index (χ4v) is 1.31. The van der Waals surface area contributed by atoms with Crippen LogP contribution in [0.5, 0.6) is 0 Å². The minimum absolute atomic E-state index is 0.839. The molecule has 15 heavy (non-hydrogen) atoms. The molecule has 0 amide bonds. The molecule has 76 valence electrons. The van der Waals surface area contributed by atoms with E-state index in [1.807, 2.05) is 25.1 Å². The SMILES string of the molecule is CCNc1cc(-c2cccnc2)ncn1. The van der Waals surface area contributed by atoms with Crippen LogP contribution in [-0.2, 0) is 0 Å². The number of rotatable bonds is 3. The Kier molecular flexibility index (Phi) is 2.88. The summed E-state index contributed by atoms with van der Waals surface area (Å²) in [6, 6.07) is 5.79. The third-order valence-electron chi connectivity index (χ3n) is 1.98. The second kappa shape index (κ2) is 4.50. The Morgan fingerprint density at radius 1 is 1.33 bits per heavy atom. The molecule has 2 rings (SSSR count). The van der Waals surface area contributed by atoms with E-state index in [1.54, 1.807) is 18.7 Å². The molecule has 0 radical (unpaired) electrons. The molecule has 2 aromatic rings. The third-order valence-corrected chi connectivity index (χ3v) is 1.98. The first-order valence-electron chi connectivity index (χ1n) is 4.86. The van der Waals surface area contributed by atoms with Gasteiger partial charge in [-0.25, -0.2) is 9.97 Å². The van der Waals surface area contributed by atoms with Crippen LogP contribution in [0.15, 0.2) is 36.9 Å². The van der Waals surface area contributed by atoms with Gasteiger partial charge in [0.15, 0.2) is 0 Å². The Labute approximate surface area is 88.4 Å². The molecule has 2 aromatic heterocycles. The summed E-state index contributed by atoms with van der Waals surface area (Å²) in [5.41, 5.74) is 1.88. The van der Waals surface area contributed by atoms with Crippen LogP contribution in [0.2, 0.25) is 0 Å². The van der Waals surface area contributed by atoms with Gasteiger partial charge in [0.25, 0.3) is 0 Å². The minimum atomic E-state index is 0.839. The lowest BCUT2D eigenvalue weighted by molar-refractivity contribution is 1.11. The van der Waals surface area contributed by atoms with Gasteiger partial charge in [-0.2, -0.15) is 0 Å². The molecular formula is C11H12N4. The van der Waals surface area contributed by atoms with E-state index in [2.05, 4.69) is 20.3 Å². The Bertz CT molecular complexity index is 428. The molecule has 0 aliphatic heterocycles. The normalized spacial score (nSPS) is 9.93. The summed E-state index contributed by atoms with van der Waals surface area (Å²) >= 11 is 0. The summed E-state index contributed by atoms with van der Waals surface area (Å²) in [5.74, 6) is 0.839. The molecule has 1 N–H and O–H groups in total. The zero-order chi connectivity index (χ0) is 10.5. The van der Waals surface area contributed by atoms with Gasteiger partial charge in [-0.3, -0.25) is 4.98 Å². The first-order valence-corrected chi connectivity index (χ1v) is 4.86. The van der Waals surface area contributed by atoms with Gasteiger partial charge >= 0.3 is 0 Å². The van der Waals surface area contributed by atoms with Gasteiger partial charge in [-0.05, 0) is 19.1 Å². The highest BCUT2D eigenvalue weighted by Gasteiger charge is 2.00. The zero-order valence-electron chi connectivity index (χ0n) is 8.51. The molecule has 0 spiro atoms. The van der Waals surface area contributed by atoms with E-state index < -0.39 is 0 Å². The number of hydrogen-bond acceptors (Lipinski definition) is 4. The van der Waals surface area contributed by atoms with Crippen LogP contribution in [0.3, 0.4) is 0 Å². The van der Waals surface area contributed by atoms with Gasteiger partial charge in [-0.15, -0.1) is 0 Å². The lowest BCUT2D eigenvalue weighted by Crippen LogP contribution is -1.99. The number of nitrogens with zero attached hydrogens (tertiary/aromatic N) is 3. The number of pyridine rings is 1. The second-order valence-corrected chi connectivity index (χ2v) is 3.06. The van der Waals surface area contributed by atoms with Crippen molar-refractivity contribution in [2.24, 2.45) is 0 Å². The van der Waals surface area contributed by atoms with Crippen molar-refractivity contribution in [3.63, 3.8) is 0 Å². The fourth-order valence-electron chi connectivity index (χ4n) is 1.31. The summed E-state index contributed by atoms with van der Waals surface area (Å²) in [6.07, 6.45) is 5.09. The average Bonchev–Trinajstić information content (AvgIpc) is 2.31. The molecule has 0 atom stereocenters. The molecule has 4 heteroatoms. The first-order chi connectivity index (χ1) is 7.40. The van der Waals surface area contributed by atoms with Gasteiger partial charge in [0.1, 0.15) is 12.1 Å². The van der Waals surface area contributed by atoms with Crippen LogP contribution in [0, 0.1) is 0 Å². The van der Waals surface area contributed by atoms with Crippen LogP contribution in [0.4, 0.5) is 5.82 Å². The quantitative estimate of drug-likeness (QED) is 0.823. The summed E-state index contributed by atoms with van der Waals surface area (Å²) in [6.45, 7) is 2.88. The Hall–Kier alpha value is -1.97. The molecule has 2 heterocycles. The molecule has 0 unspecified atom stereocenters. The minimum Gasteiger partial charge on any atom is -0.370 e. The predicted molar refractivity (Wildman–Crippen MR) is 59.4 cm³/mol. The van der Waals surface area contributed by atoms with Gasteiger partial charge < -0.3 is 5.32 Å². The molecule has 4 nitrogen and oxygen atoms in total. The van der Waals surface area contributed by atoms with Crippen molar-refractivity contribution in [3.8, 4) is 11.3 Å². The highest BCUT2D eigenvalue weighted by molar-refractivity contribution is 5.60. The van der Waals surface area contributed by atoms with Crippen molar-refractivity contribution in [1.82, 2.24) is 15.0 Å². The van der Waals surface area contributed by atoms with Crippen molar-refractivity contribution in [3.05, 3.63) is 36.9 Å². The van der Waals surface area contributed by atoms with Gasteiger partial charge in [0.05, 0.1) is 5.69 Å². The van der Waals surface area contributed by atoms with Crippen molar-refractivity contribution in [1.29, 1.82) is 0 Å². The molecular weight excluding hydrogens is 188 g/mol. The van der Waals surface area contributed by atoms with Crippen molar-refractivity contribution in [2.45, 2.75) is 6.92 Å². The van der Waals surface area contributed by atoms with E-state index in [0.29, 0.717) is 0 Å². The van der Waals surface area contributed by atoms with Crippen molar-refractivity contribution >= 4 is 5.82 Å². The number of nitrogens with one attached hydrogen (secondary N) is 1. The summed E-state index contributed by atoms with van der Waals surface area (Å²) in [4.78, 5) is 12.4. The molecule has 0 saturated carbocycles. The molecule has 0 aliphatic carbocycles. The topological polar surface area (TPSA) is 50.7 Å². The van der Waals surface area contributed by atoms with Gasteiger partial charge in [0, 0.05) is 30.6 Å². The van der Waals surface area contributed by atoms with E-state index in [9.17, 15) is 0 Å². The van der Waals surface area contributed by atoms with E-state index in [0.717, 1.165) is 23.6 Å². The monoisotopic (exact) mass is 200 g/mol. The summed E-state index contributed by atoms with van der Waals surface area (Å²) in [7, 11) is 0. The Morgan fingerprint density at radius 2 is 2.27 bits per heavy atom. The third kappa shape index (κ3) is 2.28. The fraction of sp³-hybridized carbons (Fsp3) is 0.182. The maximum Gasteiger partial charge on any atom is 0.129 e. The van der Waals surface area contributed by atoms with E-state index >= 15 is 0 Å². The van der Waals surface area contributed by atoms with Crippen LogP contribution >= 0.6 is 0 Å². The standard InChI is InChI=1S/C11H12N4/c1-2-13-11-6-10(14-8-15-11)9-4-3-5-12-7-9/h3-8H,2H2,1H3,(H,13,14,15). The maximum atomic E-state index is 4.20.